The minimum atomic E-state index is -5.08. The van der Waals surface area contributed by atoms with E-state index >= 15 is 0 Å². The predicted octanol–water partition coefficient (Wildman–Crippen LogP) is -3.54. The van der Waals surface area contributed by atoms with Crippen LogP contribution in [0.3, 0.4) is 0 Å². The summed E-state index contributed by atoms with van der Waals surface area (Å²) in [6.07, 6.45) is -2.07. The number of unbranched alkanes of at least 4 members (excludes halogenated alkanes) is 2. The number of amides is 12. The van der Waals surface area contributed by atoms with Crippen LogP contribution < -0.4 is 81.8 Å². The quantitative estimate of drug-likeness (QED) is 0.0173. The lowest BCUT2D eigenvalue weighted by atomic mass is 9.99. The molecule has 2 aromatic rings. The van der Waals surface area contributed by atoms with Gasteiger partial charge in [0.2, 0.25) is 70.9 Å². The van der Waals surface area contributed by atoms with Crippen LogP contribution in [0.5, 0.6) is 0 Å². The number of benzene rings is 1. The normalized spacial score (nSPS) is 16.7. The van der Waals surface area contributed by atoms with Gasteiger partial charge in [0.15, 0.2) is 5.96 Å². The lowest BCUT2D eigenvalue weighted by Crippen LogP contribution is -2.62. The number of halogens is 3. The highest BCUT2D eigenvalue weighted by Crippen LogP contribution is 2.24. The van der Waals surface area contributed by atoms with E-state index in [1.54, 1.807) is 58.0 Å². The first-order valence-electron chi connectivity index (χ1n) is 39.0. The van der Waals surface area contributed by atoms with Gasteiger partial charge in [0.05, 0.1) is 25.4 Å². The molecule has 3 heterocycles. The van der Waals surface area contributed by atoms with Crippen molar-refractivity contribution in [2.75, 3.05) is 39.3 Å². The van der Waals surface area contributed by atoms with E-state index in [9.17, 15) is 106 Å². The summed E-state index contributed by atoms with van der Waals surface area (Å²) in [4.78, 5) is 229. The highest BCUT2D eigenvalue weighted by molar-refractivity contribution is 6.01. The fraction of sp³-hybridized carbons (Fsp3) is 0.649. The average molecular weight is 1680 g/mol. The Balaban J connectivity index is 0.00000490. The number of aliphatic hydroxyl groups is 1. The van der Waals surface area contributed by atoms with Crippen molar-refractivity contribution in [2.45, 2.75) is 248 Å². The van der Waals surface area contributed by atoms with Crippen LogP contribution in [0.2, 0.25) is 0 Å². The van der Waals surface area contributed by atoms with Crippen molar-refractivity contribution >= 4 is 101 Å². The van der Waals surface area contributed by atoms with E-state index in [0.29, 0.717) is 43.5 Å². The van der Waals surface area contributed by atoms with Gasteiger partial charge in [-0.1, -0.05) is 78.3 Å². The molecule has 44 heteroatoms. The van der Waals surface area contributed by atoms with Crippen molar-refractivity contribution in [1.29, 1.82) is 0 Å². The van der Waals surface area contributed by atoms with Crippen LogP contribution in [0, 0.1) is 17.8 Å². The molecule has 2 saturated heterocycles. The molecule has 660 valence electrons. The smallest absolute Gasteiger partial charge is 0.481 e. The molecule has 0 spiro atoms. The molecule has 1 aromatic heterocycles. The Morgan fingerprint density at radius 3 is 1.50 bits per heavy atom. The number of likely N-dealkylation sites (tertiary alicyclic amines) is 2. The predicted molar refractivity (Wildman–Crippen MR) is 416 cm³/mol. The first-order valence-corrected chi connectivity index (χ1v) is 39.0. The molecule has 0 radical (unpaired) electrons. The first-order chi connectivity index (χ1) is 55.5. The number of hydrogen-bond donors (Lipinski definition) is 21. The zero-order chi connectivity index (χ0) is 88.7. The van der Waals surface area contributed by atoms with Gasteiger partial charge < -0.3 is 122 Å². The first kappa shape index (κ1) is 101. The second kappa shape index (κ2) is 51.1. The van der Waals surface area contributed by atoms with Crippen LogP contribution in [0.15, 0.2) is 47.8 Å². The van der Waals surface area contributed by atoms with Gasteiger partial charge in [0.1, 0.15) is 72.5 Å². The van der Waals surface area contributed by atoms with Crippen molar-refractivity contribution < 1.29 is 115 Å². The summed E-state index contributed by atoms with van der Waals surface area (Å²) in [5, 5.41) is 72.9. The van der Waals surface area contributed by atoms with E-state index in [-0.39, 0.29) is 127 Å². The summed E-state index contributed by atoms with van der Waals surface area (Å²) >= 11 is 0. The standard InChI is InChI=1S/C72H116N20O19.C2HF3O2/c1-39(2)31-48(84-63(102)49(33-42-17-8-7-9-18-42)85-60(99)46(24-25-56(94)95)81-59(98)44(75)19-10-12-26-73)62(101)88-52(34-43-36-78-38-80-43)70(109)92-30-16-23-55(92)67(106)89-53(37-93)65(104)82-45(20-11-13-27-74)61(100)90-58(41(5)6)68(107)86-50(35-57(96)97)64(103)87-51(32-40(3)4)69(108)91-29-15-22-54(91)66(105)83-47(71(110)111)21-14-28-79-72(76)77;3-2(4,5)1(6)7/h7-9,17-18,36,38-41,44-55,58,93H,10-16,19-35,37,73-75H2,1-6H3,(H,78,80)(H,81,98)(H,82,104)(H,83,105)(H,84,102)(H,85,99)(H,86,107)(H,87,103)(H,88,101)(H,89,106)(H,90,100)(H,94,95)(H,96,97)(H,110,111)(H4,76,77,79);(H,6,7)/t44-,45-,46-,47?,48-,49-,50-,51-,52-,53-,54-,55-,58-;/m0./s1. The largest absolute Gasteiger partial charge is 0.490 e. The summed E-state index contributed by atoms with van der Waals surface area (Å²) < 4.78 is 31.7. The summed E-state index contributed by atoms with van der Waals surface area (Å²) in [7, 11) is 0. The van der Waals surface area contributed by atoms with Gasteiger partial charge in [-0.05, 0) is 126 Å². The molecule has 2 fully saturated rings. The lowest BCUT2D eigenvalue weighted by molar-refractivity contribution is -0.192. The maximum absolute atomic E-state index is 15.0. The van der Waals surface area contributed by atoms with Crippen molar-refractivity contribution in [2.24, 2.45) is 51.4 Å². The second-order valence-corrected chi connectivity index (χ2v) is 29.9. The number of rotatable bonds is 50. The number of nitrogens with one attached hydrogen (secondary N) is 11. The Bertz CT molecular complexity index is 3710. The molecule has 1 aromatic carbocycles. The second-order valence-electron chi connectivity index (χ2n) is 29.9. The Morgan fingerprint density at radius 2 is 0.992 bits per heavy atom. The van der Waals surface area contributed by atoms with Crippen LogP contribution in [0.25, 0.3) is 0 Å². The fourth-order valence-corrected chi connectivity index (χ4v) is 12.8. The van der Waals surface area contributed by atoms with Crippen molar-refractivity contribution in [3.05, 3.63) is 54.1 Å². The van der Waals surface area contributed by atoms with E-state index in [4.69, 9.17) is 38.6 Å². The molecular formula is C74H117F3N20O21. The maximum Gasteiger partial charge on any atom is 0.490 e. The number of aliphatic hydroxyl groups excluding tert-OH is 1. The number of aliphatic imine (C=N–C) groups is 1. The molecule has 4 rings (SSSR count). The highest BCUT2D eigenvalue weighted by Gasteiger charge is 2.44. The fourth-order valence-electron chi connectivity index (χ4n) is 12.8. The number of carboxylic acids is 4. The van der Waals surface area contributed by atoms with Crippen LogP contribution in [0.4, 0.5) is 13.2 Å². The Morgan fingerprint density at radius 1 is 0.534 bits per heavy atom. The number of alkyl halides is 3. The molecule has 2 aliphatic rings. The van der Waals surface area contributed by atoms with Crippen molar-refractivity contribution in [1.82, 2.24) is 72.9 Å². The minimum Gasteiger partial charge on any atom is -0.481 e. The Hall–Kier alpha value is -11.2. The van der Waals surface area contributed by atoms with Gasteiger partial charge in [0, 0.05) is 50.8 Å². The summed E-state index contributed by atoms with van der Waals surface area (Å²) in [5.74, 6) is -19.3. The average Bonchev–Trinajstić information content (AvgIpc) is 1.75. The highest BCUT2D eigenvalue weighted by atomic mass is 19.4. The number of imidazole rings is 1. The Labute approximate surface area is 679 Å². The van der Waals surface area contributed by atoms with E-state index in [1.807, 2.05) is 0 Å². The van der Waals surface area contributed by atoms with Gasteiger partial charge in [-0.3, -0.25) is 72.1 Å². The number of carboxylic acid groups (broad SMARTS) is 4. The number of aliphatic carboxylic acids is 4. The van der Waals surface area contributed by atoms with Crippen LogP contribution >= 0.6 is 0 Å². The third kappa shape index (κ3) is 35.7. The molecule has 0 aliphatic carbocycles. The zero-order valence-corrected chi connectivity index (χ0v) is 67.0. The number of aromatic amines is 1. The molecule has 2 aliphatic heterocycles. The number of carbonyl (C=O) groups excluding carboxylic acids is 12. The maximum atomic E-state index is 15.0. The molecule has 0 saturated carbocycles. The summed E-state index contributed by atoms with van der Waals surface area (Å²) in [5.41, 5.74) is 29.2. The lowest BCUT2D eigenvalue weighted by Gasteiger charge is -2.31. The summed E-state index contributed by atoms with van der Waals surface area (Å²) in [6.45, 7) is 9.61. The number of aromatic nitrogens is 2. The SMILES string of the molecule is CC(C)C[C@H](NC(=O)[C@H](Cc1ccccc1)NC(=O)[C@H](CCC(=O)O)NC(=O)[C@@H](N)CCCCN)C(=O)N[C@@H](Cc1cnc[nH]1)C(=O)N1CCC[C@H]1C(=O)N[C@@H](CO)C(=O)N[C@@H](CCCCN)C(=O)N[C@H](C(=O)N[C@@H](CC(=O)O)C(=O)N[C@@H](CC(C)C)C(=O)N1CCC[C@H]1C(=O)NC(CCCN=C(N)N)C(=O)O)C(C)C.O=C(O)C(F)(F)F. The van der Waals surface area contributed by atoms with Crippen LogP contribution in [0.1, 0.15) is 162 Å². The molecule has 12 amide bonds. The van der Waals surface area contributed by atoms with E-state index in [0.717, 1.165) is 0 Å². The van der Waals surface area contributed by atoms with Crippen molar-refractivity contribution in [3.8, 4) is 0 Å². The van der Waals surface area contributed by atoms with Crippen LogP contribution in [-0.4, -0.2) is 270 Å². The van der Waals surface area contributed by atoms with Gasteiger partial charge in [0.25, 0.3) is 0 Å². The van der Waals surface area contributed by atoms with E-state index < -0.39 is 205 Å². The molecule has 41 nitrogen and oxygen atoms in total. The summed E-state index contributed by atoms with van der Waals surface area (Å²) in [6, 6.07) is -10.2. The number of nitrogens with zero attached hydrogens (tertiary/aromatic N) is 4. The van der Waals surface area contributed by atoms with Crippen LogP contribution in [-0.2, 0) is 89.6 Å². The van der Waals surface area contributed by atoms with Gasteiger partial charge >= 0.3 is 30.1 Å². The molecule has 1 unspecified atom stereocenters. The molecule has 26 N–H and O–H groups in total. The Kier molecular flexibility index (Phi) is 43.8. The van der Waals surface area contributed by atoms with Crippen molar-refractivity contribution in [3.63, 3.8) is 0 Å². The van der Waals surface area contributed by atoms with E-state index in [1.165, 1.54) is 36.2 Å². The molecule has 0 bridgehead atoms. The number of H-pyrrole nitrogens is 1. The number of carbonyl (C=O) groups is 16. The topological polar surface area (TPSA) is 672 Å². The molecular weight excluding hydrogens is 1560 g/mol. The monoisotopic (exact) mass is 1680 g/mol. The molecule has 118 heavy (non-hydrogen) atoms. The van der Waals surface area contributed by atoms with Gasteiger partial charge in [-0.15, -0.1) is 0 Å². The molecule has 13 atom stereocenters. The minimum absolute atomic E-state index is 0.0157. The number of hydrogen-bond acceptors (Lipinski definition) is 22. The number of guanidine groups is 1. The zero-order valence-electron chi connectivity index (χ0n) is 67.0. The van der Waals surface area contributed by atoms with Gasteiger partial charge in [-0.2, -0.15) is 13.2 Å². The number of nitrogens with two attached hydrogens (primary N) is 5. The van der Waals surface area contributed by atoms with E-state index in [2.05, 4.69) is 68.1 Å². The third-order valence-corrected chi connectivity index (χ3v) is 18.9. The third-order valence-electron chi connectivity index (χ3n) is 18.9. The van der Waals surface area contributed by atoms with Gasteiger partial charge in [-0.25, -0.2) is 14.6 Å².